The molecule has 0 bridgehead atoms. The molecule has 1 aliphatic rings. The lowest BCUT2D eigenvalue weighted by molar-refractivity contribution is -0.493. The molecule has 0 aliphatic heterocycles. The summed E-state index contributed by atoms with van der Waals surface area (Å²) < 4.78 is 247. The lowest BCUT2D eigenvalue weighted by Crippen LogP contribution is -2.69. The predicted molar refractivity (Wildman–Crippen MR) is 55.3 cm³/mol. The minimum atomic E-state index is -8.49. The van der Waals surface area contributed by atoms with Crippen LogP contribution >= 0.6 is 11.6 Å². The summed E-state index contributed by atoms with van der Waals surface area (Å²) in [6.45, 7) is 0. The average Bonchev–Trinajstić information content (AvgIpc) is 2.55. The van der Waals surface area contributed by atoms with E-state index >= 15 is 0 Å². The molecule has 2 atom stereocenters. The molecule has 2 unspecified atom stereocenters. The summed E-state index contributed by atoms with van der Waals surface area (Å²) in [5, 5.41) is -6.99. The average molecular weight is 533 g/mol. The molecule has 21 heteroatoms. The first-order valence-corrected chi connectivity index (χ1v) is 6.82. The Morgan fingerprint density at radius 2 is 0.839 bits per heavy atom. The van der Waals surface area contributed by atoms with Gasteiger partial charge in [-0.2, -0.15) is 79.0 Å². The summed E-state index contributed by atoms with van der Waals surface area (Å²) in [6.07, 6.45) is -16.0. The van der Waals surface area contributed by atoms with Gasteiger partial charge in [0, 0.05) is 0 Å². The molecule has 0 N–H and O–H groups in total. The number of rotatable bonds is 5. The zero-order chi connectivity index (χ0) is 25.7. The Morgan fingerprint density at radius 3 is 1.10 bits per heavy atom. The van der Waals surface area contributed by atoms with Gasteiger partial charge in [-0.05, 0) is 0 Å². The van der Waals surface area contributed by atoms with Gasteiger partial charge in [-0.1, -0.05) is 11.6 Å². The normalized spacial score (nSPS) is 31.7. The first-order valence-electron chi connectivity index (χ1n) is 6.44. The number of alkyl halides is 20. The van der Waals surface area contributed by atoms with Crippen molar-refractivity contribution in [2.75, 3.05) is 0 Å². The fourth-order valence-corrected chi connectivity index (χ4v) is 2.20. The first kappa shape index (κ1) is 28.0. The maximum Gasteiger partial charge on any atom is 0.460 e. The van der Waals surface area contributed by atoms with Gasteiger partial charge in [-0.3, -0.25) is 4.74 Å². The first-order chi connectivity index (χ1) is 13.0. The van der Waals surface area contributed by atoms with Crippen LogP contribution in [0.4, 0.5) is 83.4 Å². The Morgan fingerprint density at radius 1 is 0.484 bits per heavy atom. The van der Waals surface area contributed by atoms with Crippen molar-refractivity contribution in [2.24, 2.45) is 0 Å². The number of hydrogen-bond acceptors (Lipinski definition) is 1. The van der Waals surface area contributed by atoms with Crippen LogP contribution in [0.1, 0.15) is 0 Å². The van der Waals surface area contributed by atoms with Gasteiger partial charge in [0.05, 0.1) is 0 Å². The van der Waals surface area contributed by atoms with Gasteiger partial charge in [-0.15, -0.1) is 0 Å². The van der Waals surface area contributed by atoms with E-state index in [2.05, 4.69) is 11.6 Å². The van der Waals surface area contributed by atoms with Crippen molar-refractivity contribution in [3.05, 3.63) is 0 Å². The van der Waals surface area contributed by atoms with Gasteiger partial charge >= 0.3 is 58.8 Å². The fraction of sp³-hybridized carbons (Fsp3) is 1.00. The van der Waals surface area contributed by atoms with Crippen molar-refractivity contribution < 1.29 is 88.2 Å². The van der Waals surface area contributed by atoms with Gasteiger partial charge in [-0.25, -0.2) is 4.39 Å². The van der Waals surface area contributed by atoms with Crippen LogP contribution in [0, 0.1) is 0 Å². The lowest BCUT2D eigenvalue weighted by atomic mass is 10.0. The van der Waals surface area contributed by atoms with E-state index < -0.39 is 58.8 Å². The summed E-state index contributed by atoms with van der Waals surface area (Å²) in [5.41, 5.74) is 0. The third-order valence-electron chi connectivity index (χ3n) is 3.77. The third kappa shape index (κ3) is 2.84. The van der Waals surface area contributed by atoms with Crippen LogP contribution in [0.15, 0.2) is 0 Å². The Labute approximate surface area is 160 Å². The molecule has 1 fully saturated rings. The second-order valence-corrected chi connectivity index (χ2v) is 6.25. The van der Waals surface area contributed by atoms with Crippen LogP contribution < -0.4 is 0 Å². The molecule has 0 aromatic heterocycles. The quantitative estimate of drug-likeness (QED) is 0.288. The highest BCUT2D eigenvalue weighted by Crippen LogP contribution is 2.72. The summed E-state index contributed by atoms with van der Waals surface area (Å²) in [4.78, 5) is 0. The molecular formula is C10ClF19O. The molecule has 186 valence electrons. The Balaban J connectivity index is 3.70. The Bertz CT molecular complexity index is 694. The van der Waals surface area contributed by atoms with Crippen LogP contribution in [0.5, 0.6) is 0 Å². The second-order valence-electron chi connectivity index (χ2n) is 5.73. The number of hydrogen-bond donors (Lipinski definition) is 0. The van der Waals surface area contributed by atoms with E-state index in [0.29, 0.717) is 0 Å². The molecule has 0 aromatic rings. The van der Waals surface area contributed by atoms with Gasteiger partial charge < -0.3 is 0 Å². The number of halogens is 20. The molecule has 1 nitrogen and oxygen atoms in total. The van der Waals surface area contributed by atoms with E-state index in [1.54, 1.807) is 0 Å². The molecule has 0 radical (unpaired) electrons. The summed E-state index contributed by atoms with van der Waals surface area (Å²) in [6, 6.07) is 0. The van der Waals surface area contributed by atoms with Crippen LogP contribution in [-0.2, 0) is 4.74 Å². The SMILES string of the molecule is FC(F)(F)C(F)(F)C(F)(F)C(F)(F)C(F)(F)OC1(F)C(F)(F)C(F)(F)C(F)(F)C1(F)Cl. The number of ether oxygens (including phenoxy) is 1. The van der Waals surface area contributed by atoms with E-state index in [0.717, 1.165) is 0 Å². The summed E-state index contributed by atoms with van der Waals surface area (Å²) >= 11 is 3.70. The smallest absolute Gasteiger partial charge is 0.268 e. The standard InChI is InChI=1S/C10ClF19O/c11-1(12)2(13,14)3(15,16)5(19,20)8(1,25)31-10(29,30)7(23,24)4(17,18)6(21,22)9(26,27)28. The Kier molecular flexibility index (Phi) is 5.66. The van der Waals surface area contributed by atoms with E-state index in [-0.39, 0.29) is 0 Å². The highest BCUT2D eigenvalue weighted by Gasteiger charge is 3.02. The van der Waals surface area contributed by atoms with E-state index in [9.17, 15) is 83.4 Å². The highest BCUT2D eigenvalue weighted by atomic mass is 35.5. The zero-order valence-electron chi connectivity index (χ0n) is 13.0. The highest BCUT2D eigenvalue weighted by molar-refractivity contribution is 6.25. The predicted octanol–water partition coefficient (Wildman–Crippen LogP) is 6.55. The van der Waals surface area contributed by atoms with Crippen LogP contribution in [0.25, 0.3) is 0 Å². The Hall–Kier alpha value is -1.08. The van der Waals surface area contributed by atoms with Gasteiger partial charge in [0.2, 0.25) is 0 Å². The molecule has 0 spiro atoms. The van der Waals surface area contributed by atoms with Crippen LogP contribution in [0.2, 0.25) is 0 Å². The lowest BCUT2D eigenvalue weighted by Gasteiger charge is -2.40. The van der Waals surface area contributed by atoms with Crippen molar-refractivity contribution in [1.82, 2.24) is 0 Å². The molecule has 1 rings (SSSR count). The molecule has 0 amide bonds. The molecule has 0 heterocycles. The minimum absolute atomic E-state index is 1.40. The van der Waals surface area contributed by atoms with Crippen molar-refractivity contribution in [3.63, 3.8) is 0 Å². The van der Waals surface area contributed by atoms with Gasteiger partial charge in [0.1, 0.15) is 0 Å². The van der Waals surface area contributed by atoms with E-state index in [1.165, 1.54) is 4.74 Å². The summed E-state index contributed by atoms with van der Waals surface area (Å²) in [7, 11) is 0. The molecule has 1 saturated carbocycles. The monoisotopic (exact) mass is 532 g/mol. The van der Waals surface area contributed by atoms with Crippen molar-refractivity contribution in [3.8, 4) is 0 Å². The third-order valence-corrected chi connectivity index (χ3v) is 4.25. The van der Waals surface area contributed by atoms with E-state index in [1.807, 2.05) is 0 Å². The molecule has 0 aromatic carbocycles. The second kappa shape index (κ2) is 6.28. The van der Waals surface area contributed by atoms with Crippen molar-refractivity contribution in [1.29, 1.82) is 0 Å². The fourth-order valence-electron chi connectivity index (χ4n) is 1.92. The van der Waals surface area contributed by atoms with Crippen molar-refractivity contribution in [2.45, 2.75) is 58.8 Å². The van der Waals surface area contributed by atoms with Crippen LogP contribution in [0.3, 0.4) is 0 Å². The van der Waals surface area contributed by atoms with Gasteiger partial charge in [0.25, 0.3) is 0 Å². The zero-order valence-corrected chi connectivity index (χ0v) is 13.7. The van der Waals surface area contributed by atoms with Gasteiger partial charge in [0.15, 0.2) is 0 Å². The molecular weight excluding hydrogens is 533 g/mol. The summed E-state index contributed by atoms with van der Waals surface area (Å²) in [5.74, 6) is -55.3. The molecule has 1 aliphatic carbocycles. The van der Waals surface area contributed by atoms with Crippen molar-refractivity contribution >= 4 is 11.6 Å². The maximum absolute atomic E-state index is 13.9. The minimum Gasteiger partial charge on any atom is -0.268 e. The molecule has 31 heavy (non-hydrogen) atoms. The van der Waals surface area contributed by atoms with Crippen LogP contribution in [-0.4, -0.2) is 58.8 Å². The molecule has 0 saturated heterocycles. The van der Waals surface area contributed by atoms with E-state index in [4.69, 9.17) is 0 Å². The topological polar surface area (TPSA) is 9.23 Å². The largest absolute Gasteiger partial charge is 0.460 e. The maximum atomic E-state index is 13.9.